The quantitative estimate of drug-likeness (QED) is 0.535. The first-order valence-electron chi connectivity index (χ1n) is 7.96. The molecule has 0 bridgehead atoms. The van der Waals surface area contributed by atoms with E-state index < -0.39 is 0 Å². The first-order valence-corrected chi connectivity index (χ1v) is 7.96. The Morgan fingerprint density at radius 3 is 2.87 bits per heavy atom. The van der Waals surface area contributed by atoms with E-state index in [1.54, 1.807) is 16.8 Å². The van der Waals surface area contributed by atoms with Gasteiger partial charge in [-0.25, -0.2) is 4.79 Å². The number of nitrogens with zero attached hydrogens (tertiary/aromatic N) is 2. The van der Waals surface area contributed by atoms with Gasteiger partial charge in [0.1, 0.15) is 6.61 Å². The molecule has 122 valence electrons. The first kappa shape index (κ1) is 15.6. The molecular weight excluding hydrogens is 290 g/mol. The highest BCUT2D eigenvalue weighted by Crippen LogP contribution is 2.34. The number of aromatic nitrogens is 1. The number of ether oxygens (including phenoxy) is 1. The predicted molar refractivity (Wildman–Crippen MR) is 92.0 cm³/mol. The molecule has 1 aromatic carbocycles. The lowest BCUT2D eigenvalue weighted by molar-refractivity contribution is 0.0550. The Balaban J connectivity index is 1.95. The van der Waals surface area contributed by atoms with Crippen LogP contribution in [0, 0.1) is 0 Å². The Labute approximate surface area is 136 Å². The van der Waals surface area contributed by atoms with E-state index in [1.165, 1.54) is 5.56 Å². The van der Waals surface area contributed by atoms with Gasteiger partial charge in [-0.05, 0) is 62.7 Å². The second-order valence-corrected chi connectivity index (χ2v) is 6.19. The number of esters is 1. The summed E-state index contributed by atoms with van der Waals surface area (Å²) in [6, 6.07) is 5.55. The minimum atomic E-state index is -0.328. The second-order valence-electron chi connectivity index (χ2n) is 6.19. The van der Waals surface area contributed by atoms with Gasteiger partial charge in [0.2, 0.25) is 0 Å². The number of rotatable bonds is 4. The lowest BCUT2D eigenvalue weighted by atomic mass is 9.89. The van der Waals surface area contributed by atoms with E-state index >= 15 is 0 Å². The van der Waals surface area contributed by atoms with Crippen LogP contribution in [-0.2, 0) is 4.74 Å². The highest BCUT2D eigenvalue weighted by molar-refractivity contribution is 5.96. The molecule has 0 radical (unpaired) electrons. The summed E-state index contributed by atoms with van der Waals surface area (Å²) < 4.78 is 6.79. The maximum Gasteiger partial charge on any atom is 0.338 e. The van der Waals surface area contributed by atoms with Crippen molar-refractivity contribution in [2.24, 2.45) is 0 Å². The zero-order valence-electron chi connectivity index (χ0n) is 13.5. The van der Waals surface area contributed by atoms with Crippen LogP contribution < -0.4 is 5.84 Å². The van der Waals surface area contributed by atoms with Crippen LogP contribution in [0.4, 0.5) is 0 Å². The maximum absolute atomic E-state index is 12.1. The van der Waals surface area contributed by atoms with Gasteiger partial charge < -0.3 is 15.5 Å². The molecule has 1 aromatic heterocycles. The van der Waals surface area contributed by atoms with Crippen LogP contribution in [0.15, 0.2) is 37.1 Å². The molecule has 0 unspecified atom stereocenters. The maximum atomic E-state index is 12.1. The molecule has 1 saturated heterocycles. The summed E-state index contributed by atoms with van der Waals surface area (Å²) in [5.74, 6) is 6.25. The highest BCUT2D eigenvalue weighted by Gasteiger charge is 2.22. The average Bonchev–Trinajstić information content (AvgIpc) is 2.90. The summed E-state index contributed by atoms with van der Waals surface area (Å²) in [6.07, 6.45) is 5.79. The van der Waals surface area contributed by atoms with Crippen LogP contribution in [0.2, 0.25) is 0 Å². The van der Waals surface area contributed by atoms with Crippen LogP contribution in [0.1, 0.15) is 34.7 Å². The van der Waals surface area contributed by atoms with Crippen LogP contribution in [0.25, 0.3) is 10.9 Å². The van der Waals surface area contributed by atoms with Gasteiger partial charge in [0.15, 0.2) is 0 Å². The fourth-order valence-electron chi connectivity index (χ4n) is 3.27. The number of carbonyl (C=O) groups excluding carboxylic acids is 1. The molecule has 3 rings (SSSR count). The van der Waals surface area contributed by atoms with E-state index in [0.29, 0.717) is 11.5 Å². The molecular formula is C18H23N3O2. The lowest BCUT2D eigenvalue weighted by Gasteiger charge is -2.28. The number of hydrogen-bond acceptors (Lipinski definition) is 4. The average molecular weight is 313 g/mol. The minimum absolute atomic E-state index is 0.219. The molecule has 0 saturated carbocycles. The summed E-state index contributed by atoms with van der Waals surface area (Å²) in [7, 11) is 2.15. The number of piperidine rings is 1. The lowest BCUT2D eigenvalue weighted by Crippen LogP contribution is -2.29. The Morgan fingerprint density at radius 2 is 2.17 bits per heavy atom. The van der Waals surface area contributed by atoms with Crippen molar-refractivity contribution >= 4 is 16.9 Å². The first-order chi connectivity index (χ1) is 11.1. The molecule has 5 heteroatoms. The number of carbonyl (C=O) groups is 1. The number of fused-ring (bicyclic) bond motifs is 1. The zero-order chi connectivity index (χ0) is 16.4. The third-order valence-electron chi connectivity index (χ3n) is 4.59. The number of hydrogen-bond donors (Lipinski definition) is 1. The molecule has 2 N–H and O–H groups in total. The van der Waals surface area contributed by atoms with Crippen molar-refractivity contribution in [3.8, 4) is 0 Å². The van der Waals surface area contributed by atoms with Gasteiger partial charge >= 0.3 is 5.97 Å². The predicted octanol–water partition coefficient (Wildman–Crippen LogP) is 2.51. The normalized spacial score (nSPS) is 16.6. The van der Waals surface area contributed by atoms with Crippen LogP contribution >= 0.6 is 0 Å². The number of likely N-dealkylation sites (tertiary alicyclic amines) is 1. The molecule has 2 aromatic rings. The Morgan fingerprint density at radius 1 is 1.43 bits per heavy atom. The highest BCUT2D eigenvalue weighted by atomic mass is 16.5. The molecule has 0 atom stereocenters. The van der Waals surface area contributed by atoms with Crippen molar-refractivity contribution in [1.29, 1.82) is 0 Å². The molecule has 2 heterocycles. The summed E-state index contributed by atoms with van der Waals surface area (Å²) >= 11 is 0. The third kappa shape index (κ3) is 3.10. The van der Waals surface area contributed by atoms with E-state index in [-0.39, 0.29) is 12.6 Å². The van der Waals surface area contributed by atoms with Gasteiger partial charge in [-0.2, -0.15) is 0 Å². The summed E-state index contributed by atoms with van der Waals surface area (Å²) in [5, 5.41) is 1.05. The van der Waals surface area contributed by atoms with Crippen molar-refractivity contribution in [3.63, 3.8) is 0 Å². The van der Waals surface area contributed by atoms with E-state index in [9.17, 15) is 4.79 Å². The second kappa shape index (κ2) is 6.46. The third-order valence-corrected chi connectivity index (χ3v) is 4.59. The minimum Gasteiger partial charge on any atom is -0.458 e. The molecule has 0 aliphatic carbocycles. The molecule has 1 fully saturated rings. The van der Waals surface area contributed by atoms with Gasteiger partial charge in [-0.1, -0.05) is 12.7 Å². The van der Waals surface area contributed by atoms with E-state index in [0.717, 1.165) is 36.8 Å². The number of benzene rings is 1. The van der Waals surface area contributed by atoms with Crippen molar-refractivity contribution in [1.82, 2.24) is 9.58 Å². The number of nitrogen functional groups attached to an aromatic ring is 1. The fourth-order valence-corrected chi connectivity index (χ4v) is 3.27. The topological polar surface area (TPSA) is 60.5 Å². The van der Waals surface area contributed by atoms with Crippen molar-refractivity contribution < 1.29 is 9.53 Å². The largest absolute Gasteiger partial charge is 0.458 e. The van der Waals surface area contributed by atoms with Crippen LogP contribution in [0.5, 0.6) is 0 Å². The van der Waals surface area contributed by atoms with Crippen LogP contribution in [0.3, 0.4) is 0 Å². The van der Waals surface area contributed by atoms with Gasteiger partial charge in [-0.15, -0.1) is 0 Å². The Kier molecular flexibility index (Phi) is 4.39. The molecule has 23 heavy (non-hydrogen) atoms. The fraction of sp³-hybridized carbons (Fsp3) is 0.389. The van der Waals surface area contributed by atoms with E-state index in [1.807, 2.05) is 18.3 Å². The van der Waals surface area contributed by atoms with E-state index in [2.05, 4.69) is 18.5 Å². The van der Waals surface area contributed by atoms with Gasteiger partial charge in [0.25, 0.3) is 0 Å². The van der Waals surface area contributed by atoms with E-state index in [4.69, 9.17) is 10.6 Å². The SMILES string of the molecule is C=CCOC(=O)c1ccc2c(c1)c(C1CCN(C)CC1)cn2N. The molecule has 0 spiro atoms. The molecule has 1 aliphatic rings. The van der Waals surface area contributed by atoms with Crippen molar-refractivity contribution in [3.05, 3.63) is 48.2 Å². The zero-order valence-corrected chi connectivity index (χ0v) is 13.5. The number of nitrogens with two attached hydrogens (primary N) is 1. The molecule has 1 aliphatic heterocycles. The van der Waals surface area contributed by atoms with Gasteiger partial charge in [0.05, 0.1) is 11.1 Å². The van der Waals surface area contributed by atoms with Crippen molar-refractivity contribution in [2.45, 2.75) is 18.8 Å². The summed E-state index contributed by atoms with van der Waals surface area (Å²) in [6.45, 7) is 5.95. The van der Waals surface area contributed by atoms with Gasteiger partial charge in [-0.3, -0.25) is 4.68 Å². The summed E-state index contributed by atoms with van der Waals surface area (Å²) in [4.78, 5) is 14.4. The Bertz CT molecular complexity index is 727. The summed E-state index contributed by atoms with van der Waals surface area (Å²) in [5.41, 5.74) is 2.73. The standard InChI is InChI=1S/C18H23N3O2/c1-3-10-23-18(22)14-4-5-17-15(11-14)16(12-21(17)19)13-6-8-20(2)9-7-13/h3-5,11-13H,1,6-10,19H2,2H3. The van der Waals surface area contributed by atoms with Gasteiger partial charge in [0, 0.05) is 11.6 Å². The molecule has 5 nitrogen and oxygen atoms in total. The van der Waals surface area contributed by atoms with Crippen molar-refractivity contribution in [2.75, 3.05) is 32.6 Å². The monoisotopic (exact) mass is 313 g/mol. The van der Waals surface area contributed by atoms with Crippen LogP contribution in [-0.4, -0.2) is 42.3 Å². The molecule has 0 amide bonds. The Hall–Kier alpha value is -2.27. The smallest absolute Gasteiger partial charge is 0.338 e.